The van der Waals surface area contributed by atoms with Crippen molar-refractivity contribution in [3.8, 4) is 0 Å². The van der Waals surface area contributed by atoms with E-state index < -0.39 is 0 Å². The molecule has 1 saturated heterocycles. The van der Waals surface area contributed by atoms with Crippen LogP contribution < -0.4 is 10.7 Å². The molecule has 1 aliphatic heterocycles. The molecule has 0 bridgehead atoms. The van der Waals surface area contributed by atoms with E-state index in [9.17, 15) is 9.59 Å². The fourth-order valence-electron chi connectivity index (χ4n) is 2.93. The van der Waals surface area contributed by atoms with Crippen molar-refractivity contribution in [3.63, 3.8) is 0 Å². The molecule has 0 aromatic carbocycles. The molecule has 6 heteroatoms. The molecule has 2 aromatic rings. The highest BCUT2D eigenvalue weighted by atomic mass is 16.2. The molecule has 0 radical (unpaired) electrons. The molecule has 0 spiro atoms. The Morgan fingerprint density at radius 2 is 2.30 bits per heavy atom. The summed E-state index contributed by atoms with van der Waals surface area (Å²) in [5.41, 5.74) is 1.20. The Morgan fingerprint density at radius 3 is 3.09 bits per heavy atom. The molecule has 23 heavy (non-hydrogen) atoms. The van der Waals surface area contributed by atoms with E-state index in [0.717, 1.165) is 31.4 Å². The second-order valence-corrected chi connectivity index (χ2v) is 5.75. The van der Waals surface area contributed by atoms with Gasteiger partial charge < -0.3 is 10.3 Å². The van der Waals surface area contributed by atoms with Gasteiger partial charge in [0.25, 0.3) is 0 Å². The van der Waals surface area contributed by atoms with Crippen molar-refractivity contribution in [3.05, 3.63) is 58.8 Å². The van der Waals surface area contributed by atoms with Gasteiger partial charge in [-0.15, -0.1) is 0 Å². The highest BCUT2D eigenvalue weighted by Crippen LogP contribution is 2.20. The van der Waals surface area contributed by atoms with Gasteiger partial charge in [-0.3, -0.25) is 19.5 Å². The summed E-state index contributed by atoms with van der Waals surface area (Å²) >= 11 is 0. The van der Waals surface area contributed by atoms with Crippen LogP contribution in [-0.2, 0) is 11.3 Å². The number of carbonyl (C=O) groups is 1. The molecular weight excluding hydrogens is 292 g/mol. The molecule has 1 aliphatic rings. The van der Waals surface area contributed by atoms with Crippen molar-refractivity contribution >= 4 is 11.6 Å². The van der Waals surface area contributed by atoms with Crippen LogP contribution in [0.3, 0.4) is 0 Å². The average molecular weight is 312 g/mol. The van der Waals surface area contributed by atoms with Crippen LogP contribution in [0.5, 0.6) is 0 Å². The highest BCUT2D eigenvalue weighted by Gasteiger charge is 2.29. The molecule has 6 nitrogen and oxygen atoms in total. The quantitative estimate of drug-likeness (QED) is 0.902. The molecule has 2 N–H and O–H groups in total. The Hall–Kier alpha value is -2.47. The van der Waals surface area contributed by atoms with E-state index in [-0.39, 0.29) is 17.4 Å². The average Bonchev–Trinajstić information content (AvgIpc) is 2.58. The standard InChI is InChI=1S/C17H20N4O2/c22-16-6-8-19-11-14(16)20-17(23)15-5-1-2-9-21(15)12-13-4-3-7-18-10-13/h3-4,6-8,10-11,15H,1-2,5,9,12H2,(H,19,22)(H,20,23)/t15-/m0/s1. The number of piperidine rings is 1. The van der Waals surface area contributed by atoms with Crippen LogP contribution in [0.1, 0.15) is 24.8 Å². The zero-order chi connectivity index (χ0) is 16.1. The summed E-state index contributed by atoms with van der Waals surface area (Å²) in [6, 6.07) is 5.10. The third-order valence-electron chi connectivity index (χ3n) is 4.11. The molecule has 1 atom stereocenters. The van der Waals surface area contributed by atoms with Gasteiger partial charge >= 0.3 is 0 Å². The lowest BCUT2D eigenvalue weighted by Gasteiger charge is -2.34. The van der Waals surface area contributed by atoms with Gasteiger partial charge in [0.1, 0.15) is 5.69 Å². The zero-order valence-electron chi connectivity index (χ0n) is 12.9. The van der Waals surface area contributed by atoms with Gasteiger partial charge in [0.2, 0.25) is 11.3 Å². The normalized spacial score (nSPS) is 18.5. The van der Waals surface area contributed by atoms with Crippen LogP contribution in [0.15, 0.2) is 47.8 Å². The third-order valence-corrected chi connectivity index (χ3v) is 4.11. The first-order valence-corrected chi connectivity index (χ1v) is 7.85. The number of hydrogen-bond acceptors (Lipinski definition) is 4. The topological polar surface area (TPSA) is 78.1 Å². The maximum atomic E-state index is 12.6. The Bertz CT molecular complexity index is 714. The maximum absolute atomic E-state index is 12.6. The first-order valence-electron chi connectivity index (χ1n) is 7.85. The Labute approximate surface area is 134 Å². The zero-order valence-corrected chi connectivity index (χ0v) is 12.9. The van der Waals surface area contributed by atoms with Crippen LogP contribution in [0.25, 0.3) is 0 Å². The van der Waals surface area contributed by atoms with Gasteiger partial charge in [0, 0.05) is 37.4 Å². The summed E-state index contributed by atoms with van der Waals surface area (Å²) in [7, 11) is 0. The van der Waals surface area contributed by atoms with Crippen LogP contribution >= 0.6 is 0 Å². The maximum Gasteiger partial charge on any atom is 0.241 e. The smallest absolute Gasteiger partial charge is 0.241 e. The fraction of sp³-hybridized carbons (Fsp3) is 0.353. The summed E-state index contributed by atoms with van der Waals surface area (Å²) < 4.78 is 0. The molecule has 3 rings (SSSR count). The predicted octanol–water partition coefficient (Wildman–Crippen LogP) is 1.76. The largest absolute Gasteiger partial charge is 0.366 e. The number of amides is 1. The number of aromatic nitrogens is 2. The minimum absolute atomic E-state index is 0.120. The van der Waals surface area contributed by atoms with Crippen LogP contribution in [-0.4, -0.2) is 33.4 Å². The summed E-state index contributed by atoms with van der Waals surface area (Å²) in [5.74, 6) is -0.120. The predicted molar refractivity (Wildman–Crippen MR) is 88.0 cm³/mol. The highest BCUT2D eigenvalue weighted by molar-refractivity contribution is 5.94. The van der Waals surface area contributed by atoms with Crippen molar-refractivity contribution in [2.75, 3.05) is 11.9 Å². The van der Waals surface area contributed by atoms with E-state index in [2.05, 4.69) is 20.2 Å². The molecule has 2 aromatic heterocycles. The van der Waals surface area contributed by atoms with Crippen molar-refractivity contribution in [2.45, 2.75) is 31.8 Å². The lowest BCUT2D eigenvalue weighted by molar-refractivity contribution is -0.122. The molecule has 1 fully saturated rings. The van der Waals surface area contributed by atoms with E-state index >= 15 is 0 Å². The fourth-order valence-corrected chi connectivity index (χ4v) is 2.93. The third kappa shape index (κ3) is 3.84. The van der Waals surface area contributed by atoms with E-state index in [1.165, 1.54) is 12.3 Å². The second kappa shape index (κ2) is 7.19. The number of H-pyrrole nitrogens is 1. The lowest BCUT2D eigenvalue weighted by Crippen LogP contribution is -2.47. The summed E-state index contributed by atoms with van der Waals surface area (Å²) in [5, 5.41) is 2.76. The Kier molecular flexibility index (Phi) is 4.83. The monoisotopic (exact) mass is 312 g/mol. The van der Waals surface area contributed by atoms with Crippen molar-refractivity contribution in [1.82, 2.24) is 14.9 Å². The molecule has 0 aliphatic carbocycles. The van der Waals surface area contributed by atoms with Gasteiger partial charge in [-0.05, 0) is 31.0 Å². The van der Waals surface area contributed by atoms with E-state index in [0.29, 0.717) is 12.2 Å². The van der Waals surface area contributed by atoms with E-state index in [4.69, 9.17) is 0 Å². The number of nitrogens with zero attached hydrogens (tertiary/aromatic N) is 2. The van der Waals surface area contributed by atoms with Gasteiger partial charge in [-0.25, -0.2) is 0 Å². The number of likely N-dealkylation sites (tertiary alicyclic amines) is 1. The Balaban J connectivity index is 1.72. The number of hydrogen-bond donors (Lipinski definition) is 2. The second-order valence-electron chi connectivity index (χ2n) is 5.75. The summed E-state index contributed by atoms with van der Waals surface area (Å²) in [4.78, 5) is 33.5. The number of aromatic amines is 1. The van der Waals surface area contributed by atoms with Crippen LogP contribution in [0, 0.1) is 0 Å². The minimum atomic E-state index is -0.219. The van der Waals surface area contributed by atoms with Crippen molar-refractivity contribution in [1.29, 1.82) is 0 Å². The van der Waals surface area contributed by atoms with E-state index in [1.807, 2.05) is 18.3 Å². The SMILES string of the molecule is O=C(Nc1c[nH]ccc1=O)[C@@H]1CCCCN1Cc1cccnc1. The summed E-state index contributed by atoms with van der Waals surface area (Å²) in [6.45, 7) is 1.56. The molecule has 1 amide bonds. The number of carbonyl (C=O) groups excluding carboxylic acids is 1. The molecular formula is C17H20N4O2. The van der Waals surface area contributed by atoms with Gasteiger partial charge in [0.05, 0.1) is 6.04 Å². The first-order chi connectivity index (χ1) is 11.2. The molecule has 120 valence electrons. The minimum Gasteiger partial charge on any atom is -0.366 e. The van der Waals surface area contributed by atoms with Crippen LogP contribution in [0.2, 0.25) is 0 Å². The van der Waals surface area contributed by atoms with Gasteiger partial charge in [-0.2, -0.15) is 0 Å². The lowest BCUT2D eigenvalue weighted by atomic mass is 10.0. The molecule has 0 saturated carbocycles. The Morgan fingerprint density at radius 1 is 1.39 bits per heavy atom. The van der Waals surface area contributed by atoms with Gasteiger partial charge in [-0.1, -0.05) is 12.5 Å². The van der Waals surface area contributed by atoms with E-state index in [1.54, 1.807) is 12.4 Å². The number of nitrogens with one attached hydrogen (secondary N) is 2. The number of pyridine rings is 2. The van der Waals surface area contributed by atoms with Crippen molar-refractivity contribution < 1.29 is 4.79 Å². The first kappa shape index (κ1) is 15.4. The van der Waals surface area contributed by atoms with Crippen molar-refractivity contribution in [2.24, 2.45) is 0 Å². The molecule has 0 unspecified atom stereocenters. The number of rotatable bonds is 4. The van der Waals surface area contributed by atoms with Gasteiger partial charge in [0.15, 0.2) is 0 Å². The summed E-state index contributed by atoms with van der Waals surface area (Å²) in [6.07, 6.45) is 9.54. The van der Waals surface area contributed by atoms with Crippen LogP contribution in [0.4, 0.5) is 5.69 Å². The molecule has 3 heterocycles. The number of anilines is 1.